The van der Waals surface area contributed by atoms with E-state index >= 15 is 0 Å². The first kappa shape index (κ1) is 18.7. The molecule has 1 aliphatic rings. The Morgan fingerprint density at radius 1 is 1.05 bits per heavy atom. The number of unbranched alkanes of at least 4 members (excludes halogenated alkanes) is 8. The normalized spacial score (nSPS) is 18.4. The molecule has 0 aromatic rings. The molecule has 1 heterocycles. The fraction of sp³-hybridized carbons (Fsp3) is 0.778. The number of hydrogen-bond donors (Lipinski definition) is 1. The van der Waals surface area contributed by atoms with Crippen molar-refractivity contribution in [3.05, 3.63) is 11.3 Å². The van der Waals surface area contributed by atoms with E-state index in [1.807, 2.05) is 0 Å². The van der Waals surface area contributed by atoms with Gasteiger partial charge >= 0.3 is 0 Å². The van der Waals surface area contributed by atoms with E-state index in [1.165, 1.54) is 43.4 Å². The van der Waals surface area contributed by atoms with Gasteiger partial charge in [0.1, 0.15) is 11.3 Å². The predicted molar refractivity (Wildman–Crippen MR) is 88.7 cm³/mol. The van der Waals surface area contributed by atoms with Crippen LogP contribution < -0.4 is 0 Å². The Hall–Kier alpha value is -1.32. The van der Waals surface area contributed by atoms with Crippen LogP contribution in [0.2, 0.25) is 0 Å². The van der Waals surface area contributed by atoms with Crippen molar-refractivity contribution >= 4 is 11.7 Å². The van der Waals surface area contributed by atoms with E-state index in [2.05, 4.69) is 6.92 Å². The van der Waals surface area contributed by atoms with Crippen molar-refractivity contribution in [2.75, 3.05) is 7.05 Å². The van der Waals surface area contributed by atoms with Gasteiger partial charge in [-0.15, -0.1) is 0 Å². The van der Waals surface area contributed by atoms with Crippen LogP contribution >= 0.6 is 0 Å². The van der Waals surface area contributed by atoms with E-state index in [4.69, 9.17) is 0 Å². The number of aliphatic hydroxyl groups excluding tert-OH is 1. The maximum atomic E-state index is 12.1. The minimum absolute atomic E-state index is 0.00886. The third-order valence-corrected chi connectivity index (χ3v) is 4.55. The zero-order valence-corrected chi connectivity index (χ0v) is 14.4. The lowest BCUT2D eigenvalue weighted by Crippen LogP contribution is -2.30. The summed E-state index contributed by atoms with van der Waals surface area (Å²) in [6.45, 7) is 3.95. The molecule has 0 spiro atoms. The summed E-state index contributed by atoms with van der Waals surface area (Å²) in [5, 5.41) is 9.91. The summed E-state index contributed by atoms with van der Waals surface area (Å²) in [7, 11) is 1.61. The second kappa shape index (κ2) is 9.65. The van der Waals surface area contributed by atoms with Crippen LogP contribution in [0.15, 0.2) is 11.3 Å². The second-order valence-corrected chi connectivity index (χ2v) is 6.35. The van der Waals surface area contributed by atoms with Gasteiger partial charge in [0.25, 0.3) is 5.91 Å². The van der Waals surface area contributed by atoms with Gasteiger partial charge in [0.05, 0.1) is 6.04 Å². The van der Waals surface area contributed by atoms with E-state index in [0.29, 0.717) is 6.42 Å². The standard InChI is InChI=1S/C18H31NO3/c1-4-5-6-7-8-9-10-11-12-13-15(20)16-17(21)14(2)19(3)18(16)22/h14,21H,4-13H2,1-3H3/t14-/m0/s1. The molecule has 0 aliphatic carbocycles. The van der Waals surface area contributed by atoms with Crippen LogP contribution in [0.5, 0.6) is 0 Å². The Kier molecular flexibility index (Phi) is 8.21. The van der Waals surface area contributed by atoms with E-state index in [-0.39, 0.29) is 29.1 Å². The second-order valence-electron chi connectivity index (χ2n) is 6.35. The van der Waals surface area contributed by atoms with Crippen molar-refractivity contribution in [3.63, 3.8) is 0 Å². The van der Waals surface area contributed by atoms with Crippen molar-refractivity contribution < 1.29 is 14.7 Å². The maximum absolute atomic E-state index is 12.1. The van der Waals surface area contributed by atoms with Gasteiger partial charge in [-0.25, -0.2) is 0 Å². The summed E-state index contributed by atoms with van der Waals surface area (Å²) < 4.78 is 0. The number of rotatable bonds is 11. The lowest BCUT2D eigenvalue weighted by molar-refractivity contribution is -0.128. The molecule has 1 amide bonds. The summed E-state index contributed by atoms with van der Waals surface area (Å²) >= 11 is 0. The third-order valence-electron chi connectivity index (χ3n) is 4.55. The number of Topliss-reactive ketones (excluding diaryl/α,β-unsaturated/α-hetero) is 1. The first-order valence-corrected chi connectivity index (χ1v) is 8.74. The number of aliphatic hydroxyl groups is 1. The van der Waals surface area contributed by atoms with Crippen LogP contribution in [-0.4, -0.2) is 34.8 Å². The SMILES string of the molecule is CCCCCCCCCCCC(=O)C1=C(O)[C@H](C)N(C)C1=O. The molecule has 1 N–H and O–H groups in total. The molecule has 4 nitrogen and oxygen atoms in total. The Morgan fingerprint density at radius 3 is 2.00 bits per heavy atom. The van der Waals surface area contributed by atoms with Crippen LogP contribution in [-0.2, 0) is 9.59 Å². The minimum atomic E-state index is -0.380. The average molecular weight is 309 g/mol. The number of carbonyl (C=O) groups is 2. The summed E-state index contributed by atoms with van der Waals surface area (Å²) in [6.07, 6.45) is 11.1. The van der Waals surface area contributed by atoms with Crippen LogP contribution in [0.1, 0.15) is 78.1 Å². The van der Waals surface area contributed by atoms with Gasteiger partial charge in [0, 0.05) is 13.5 Å². The highest BCUT2D eigenvalue weighted by molar-refractivity contribution is 6.21. The molecular weight excluding hydrogens is 278 g/mol. The van der Waals surface area contributed by atoms with Crippen LogP contribution in [0.4, 0.5) is 0 Å². The molecule has 0 aromatic carbocycles. The van der Waals surface area contributed by atoms with Gasteiger partial charge in [-0.3, -0.25) is 9.59 Å². The lowest BCUT2D eigenvalue weighted by atomic mass is 10.0. The molecule has 4 heteroatoms. The topological polar surface area (TPSA) is 57.6 Å². The molecule has 1 aliphatic heterocycles. The largest absolute Gasteiger partial charge is 0.509 e. The van der Waals surface area contributed by atoms with Crippen molar-refractivity contribution in [2.45, 2.75) is 84.1 Å². The van der Waals surface area contributed by atoms with E-state index < -0.39 is 0 Å². The Labute approximate surface area is 134 Å². The first-order valence-electron chi connectivity index (χ1n) is 8.74. The Morgan fingerprint density at radius 2 is 1.55 bits per heavy atom. The van der Waals surface area contributed by atoms with E-state index in [1.54, 1.807) is 14.0 Å². The fourth-order valence-corrected chi connectivity index (χ4v) is 2.84. The summed E-state index contributed by atoms with van der Waals surface area (Å²) in [5.41, 5.74) is 0.00886. The van der Waals surface area contributed by atoms with Gasteiger partial charge in [-0.2, -0.15) is 0 Å². The molecule has 1 atom stereocenters. The summed E-state index contributed by atoms with van der Waals surface area (Å²) in [6, 6.07) is -0.380. The maximum Gasteiger partial charge on any atom is 0.261 e. The highest BCUT2D eigenvalue weighted by Crippen LogP contribution is 2.24. The molecule has 0 unspecified atom stereocenters. The van der Waals surface area contributed by atoms with Crippen molar-refractivity contribution in [1.29, 1.82) is 0 Å². The van der Waals surface area contributed by atoms with Gasteiger partial charge in [0.2, 0.25) is 0 Å². The van der Waals surface area contributed by atoms with Crippen molar-refractivity contribution in [2.24, 2.45) is 0 Å². The van der Waals surface area contributed by atoms with Gasteiger partial charge in [0.15, 0.2) is 5.78 Å². The van der Waals surface area contributed by atoms with Crippen LogP contribution in [0.3, 0.4) is 0 Å². The smallest absolute Gasteiger partial charge is 0.261 e. The molecule has 0 radical (unpaired) electrons. The number of nitrogens with zero attached hydrogens (tertiary/aromatic N) is 1. The summed E-state index contributed by atoms with van der Waals surface area (Å²) in [4.78, 5) is 25.4. The number of carbonyl (C=O) groups excluding carboxylic acids is 2. The molecule has 0 saturated carbocycles. The van der Waals surface area contributed by atoms with Crippen LogP contribution in [0, 0.1) is 0 Å². The minimum Gasteiger partial charge on any atom is -0.509 e. The fourth-order valence-electron chi connectivity index (χ4n) is 2.84. The molecule has 1 rings (SSSR count). The van der Waals surface area contributed by atoms with Crippen molar-refractivity contribution in [3.8, 4) is 0 Å². The highest BCUT2D eigenvalue weighted by Gasteiger charge is 2.37. The Balaban J connectivity index is 2.18. The monoisotopic (exact) mass is 309 g/mol. The number of likely N-dealkylation sites (N-methyl/N-ethyl adjacent to an activating group) is 1. The lowest BCUT2D eigenvalue weighted by Gasteiger charge is -2.14. The molecule has 0 aromatic heterocycles. The van der Waals surface area contributed by atoms with Crippen LogP contribution in [0.25, 0.3) is 0 Å². The van der Waals surface area contributed by atoms with Crippen molar-refractivity contribution in [1.82, 2.24) is 4.90 Å². The highest BCUT2D eigenvalue weighted by atomic mass is 16.3. The predicted octanol–water partition coefficient (Wildman–Crippen LogP) is 4.15. The molecular formula is C18H31NO3. The molecule has 0 saturated heterocycles. The zero-order chi connectivity index (χ0) is 16.5. The van der Waals surface area contributed by atoms with E-state index in [0.717, 1.165) is 19.3 Å². The first-order chi connectivity index (χ1) is 10.5. The molecule has 0 fully saturated rings. The quantitative estimate of drug-likeness (QED) is 0.461. The number of ketones is 1. The van der Waals surface area contributed by atoms with Gasteiger partial charge < -0.3 is 10.0 Å². The summed E-state index contributed by atoms with van der Waals surface area (Å²) in [5.74, 6) is -0.610. The molecule has 0 bridgehead atoms. The number of hydrogen-bond acceptors (Lipinski definition) is 3. The van der Waals surface area contributed by atoms with Gasteiger partial charge in [-0.1, -0.05) is 58.3 Å². The molecule has 126 valence electrons. The van der Waals surface area contributed by atoms with Gasteiger partial charge in [-0.05, 0) is 13.3 Å². The van der Waals surface area contributed by atoms with E-state index in [9.17, 15) is 14.7 Å². The third kappa shape index (κ3) is 5.15. The number of amides is 1. The zero-order valence-electron chi connectivity index (χ0n) is 14.4. The Bertz CT molecular complexity index is 415. The average Bonchev–Trinajstić information content (AvgIpc) is 2.69. The molecule has 22 heavy (non-hydrogen) atoms.